The molecule has 2 aliphatic rings. The molecule has 124 valence electrons. The second-order valence-electron chi connectivity index (χ2n) is 6.42. The molecule has 2 fully saturated rings. The monoisotopic (exact) mass is 319 g/mol. The van der Waals surface area contributed by atoms with Gasteiger partial charge in [-0.1, -0.05) is 6.07 Å². The Morgan fingerprint density at radius 1 is 1.22 bits per heavy atom. The van der Waals surface area contributed by atoms with Crippen molar-refractivity contribution in [2.24, 2.45) is 11.7 Å². The largest absolute Gasteiger partial charge is 0.376 e. The Kier molecular flexibility index (Phi) is 4.50. The normalized spacial score (nSPS) is 18.7. The minimum absolute atomic E-state index is 0.0420. The van der Waals surface area contributed by atoms with Crippen LogP contribution >= 0.6 is 0 Å². The number of halogens is 1. The predicted octanol–water partition coefficient (Wildman–Crippen LogP) is 1.84. The lowest BCUT2D eigenvalue weighted by Gasteiger charge is -2.30. The Balaban J connectivity index is 1.49. The van der Waals surface area contributed by atoms with E-state index in [0.717, 1.165) is 18.4 Å². The Morgan fingerprint density at radius 3 is 2.48 bits per heavy atom. The first-order chi connectivity index (χ1) is 11.0. The van der Waals surface area contributed by atoms with E-state index in [4.69, 9.17) is 5.73 Å². The molecule has 0 radical (unpaired) electrons. The zero-order chi connectivity index (χ0) is 16.4. The highest BCUT2D eigenvalue weighted by atomic mass is 19.1. The number of nitrogens with zero attached hydrogens (tertiary/aromatic N) is 1. The van der Waals surface area contributed by atoms with Crippen molar-refractivity contribution in [3.05, 3.63) is 29.6 Å². The Labute approximate surface area is 135 Å². The topological polar surface area (TPSA) is 75.4 Å². The smallest absolute Gasteiger partial charge is 0.241 e. The number of rotatable bonds is 5. The molecule has 6 heteroatoms. The average molecular weight is 319 g/mol. The summed E-state index contributed by atoms with van der Waals surface area (Å²) in [6, 6.07) is 5.09. The number of likely N-dealkylation sites (tertiary alicyclic amines) is 1. The van der Waals surface area contributed by atoms with Gasteiger partial charge in [0.05, 0.1) is 6.54 Å². The number of anilines is 1. The highest BCUT2D eigenvalue weighted by Gasteiger charge is 2.27. The van der Waals surface area contributed by atoms with E-state index in [1.54, 1.807) is 11.0 Å². The number of piperidine rings is 1. The molecule has 3 N–H and O–H groups in total. The number of benzene rings is 1. The highest BCUT2D eigenvalue weighted by Crippen LogP contribution is 2.41. The van der Waals surface area contributed by atoms with E-state index in [-0.39, 0.29) is 30.1 Å². The first-order valence-corrected chi connectivity index (χ1v) is 8.15. The second kappa shape index (κ2) is 6.56. The van der Waals surface area contributed by atoms with Gasteiger partial charge in [-0.2, -0.15) is 0 Å². The van der Waals surface area contributed by atoms with Crippen LogP contribution in [0.2, 0.25) is 0 Å². The molecule has 1 heterocycles. The first-order valence-electron chi connectivity index (χ1n) is 8.15. The molecule has 1 saturated heterocycles. The fraction of sp³-hybridized carbons (Fsp3) is 0.529. The van der Waals surface area contributed by atoms with Crippen molar-refractivity contribution in [1.29, 1.82) is 0 Å². The van der Waals surface area contributed by atoms with Gasteiger partial charge in [-0.05, 0) is 49.3 Å². The number of carbonyl (C=O) groups is 2. The van der Waals surface area contributed by atoms with E-state index in [9.17, 15) is 14.0 Å². The molecule has 0 unspecified atom stereocenters. The van der Waals surface area contributed by atoms with Gasteiger partial charge in [-0.3, -0.25) is 9.59 Å². The molecule has 0 spiro atoms. The van der Waals surface area contributed by atoms with Gasteiger partial charge in [-0.15, -0.1) is 0 Å². The summed E-state index contributed by atoms with van der Waals surface area (Å²) < 4.78 is 14.0. The van der Waals surface area contributed by atoms with E-state index < -0.39 is 0 Å². The van der Waals surface area contributed by atoms with E-state index in [2.05, 4.69) is 5.32 Å². The Bertz CT molecular complexity index is 608. The lowest BCUT2D eigenvalue weighted by molar-refractivity contribution is -0.133. The molecule has 23 heavy (non-hydrogen) atoms. The summed E-state index contributed by atoms with van der Waals surface area (Å²) in [4.78, 5) is 25.0. The zero-order valence-corrected chi connectivity index (χ0v) is 13.1. The van der Waals surface area contributed by atoms with Gasteiger partial charge in [0, 0.05) is 24.7 Å². The van der Waals surface area contributed by atoms with Gasteiger partial charge in [0.15, 0.2) is 0 Å². The molecule has 1 aromatic rings. The van der Waals surface area contributed by atoms with Crippen molar-refractivity contribution in [2.45, 2.75) is 31.6 Å². The lowest BCUT2D eigenvalue weighted by Crippen LogP contribution is -2.43. The summed E-state index contributed by atoms with van der Waals surface area (Å²) in [5, 5.41) is 2.98. The van der Waals surface area contributed by atoms with E-state index in [0.29, 0.717) is 37.5 Å². The van der Waals surface area contributed by atoms with E-state index in [1.165, 1.54) is 6.07 Å². The summed E-state index contributed by atoms with van der Waals surface area (Å²) in [6.45, 7) is 1.22. The molecule has 0 atom stereocenters. The van der Waals surface area contributed by atoms with Crippen LogP contribution in [0.15, 0.2) is 18.2 Å². The number of nitrogens with one attached hydrogen (secondary N) is 1. The molecular weight excluding hydrogens is 297 g/mol. The summed E-state index contributed by atoms with van der Waals surface area (Å²) >= 11 is 0. The van der Waals surface area contributed by atoms with Gasteiger partial charge in [0.25, 0.3) is 0 Å². The van der Waals surface area contributed by atoms with Crippen LogP contribution in [0.3, 0.4) is 0 Å². The zero-order valence-electron chi connectivity index (χ0n) is 13.1. The second-order valence-corrected chi connectivity index (χ2v) is 6.42. The van der Waals surface area contributed by atoms with Crippen molar-refractivity contribution < 1.29 is 14.0 Å². The summed E-state index contributed by atoms with van der Waals surface area (Å²) in [5.74, 6) is -0.290. The van der Waals surface area contributed by atoms with Crippen LogP contribution in [0, 0.1) is 11.7 Å². The standard InChI is InChI=1S/C17H22FN3O2/c18-15-9-13(3-4-14(15)11-1-2-11)20-10-16(22)21-7-5-12(6-8-21)17(19)23/h3-4,9,11-12,20H,1-2,5-8,10H2,(H2,19,23). The van der Waals surface area contributed by atoms with Gasteiger partial charge in [0.2, 0.25) is 11.8 Å². The molecule has 1 aliphatic carbocycles. The fourth-order valence-electron chi connectivity index (χ4n) is 3.07. The van der Waals surface area contributed by atoms with Crippen LogP contribution in [-0.2, 0) is 9.59 Å². The maximum atomic E-state index is 14.0. The van der Waals surface area contributed by atoms with Crippen LogP contribution in [0.1, 0.15) is 37.2 Å². The van der Waals surface area contributed by atoms with Gasteiger partial charge in [0.1, 0.15) is 5.82 Å². The number of primary amides is 1. The quantitative estimate of drug-likeness (QED) is 0.869. The van der Waals surface area contributed by atoms with Crippen molar-refractivity contribution in [1.82, 2.24) is 4.90 Å². The fourth-order valence-corrected chi connectivity index (χ4v) is 3.07. The van der Waals surface area contributed by atoms with Crippen molar-refractivity contribution >= 4 is 17.5 Å². The van der Waals surface area contributed by atoms with Crippen LogP contribution in [0.4, 0.5) is 10.1 Å². The van der Waals surface area contributed by atoms with Gasteiger partial charge in [-0.25, -0.2) is 4.39 Å². The van der Waals surface area contributed by atoms with Crippen LogP contribution in [-0.4, -0.2) is 36.3 Å². The molecular formula is C17H22FN3O2. The van der Waals surface area contributed by atoms with E-state index >= 15 is 0 Å². The predicted molar refractivity (Wildman–Crippen MR) is 85.4 cm³/mol. The van der Waals surface area contributed by atoms with Gasteiger partial charge < -0.3 is 16.0 Å². The lowest BCUT2D eigenvalue weighted by atomic mass is 9.96. The Morgan fingerprint density at radius 2 is 1.91 bits per heavy atom. The van der Waals surface area contributed by atoms with Crippen molar-refractivity contribution in [2.75, 3.05) is 25.0 Å². The Hall–Kier alpha value is -2.11. The molecule has 1 saturated carbocycles. The minimum Gasteiger partial charge on any atom is -0.376 e. The van der Waals surface area contributed by atoms with E-state index in [1.807, 2.05) is 6.07 Å². The van der Waals surface area contributed by atoms with Gasteiger partial charge >= 0.3 is 0 Å². The average Bonchev–Trinajstić information content (AvgIpc) is 3.37. The molecule has 1 aliphatic heterocycles. The third-order valence-corrected chi connectivity index (χ3v) is 4.71. The maximum Gasteiger partial charge on any atom is 0.241 e. The molecule has 3 rings (SSSR count). The number of hydrogen-bond donors (Lipinski definition) is 2. The van der Waals surface area contributed by atoms with Crippen LogP contribution < -0.4 is 11.1 Å². The molecule has 5 nitrogen and oxygen atoms in total. The van der Waals surface area contributed by atoms with Crippen LogP contribution in [0.5, 0.6) is 0 Å². The number of amides is 2. The molecule has 0 bridgehead atoms. The SMILES string of the molecule is NC(=O)C1CCN(C(=O)CNc2ccc(C3CC3)c(F)c2)CC1. The summed E-state index contributed by atoms with van der Waals surface area (Å²) in [6.07, 6.45) is 3.35. The number of hydrogen-bond acceptors (Lipinski definition) is 3. The highest BCUT2D eigenvalue weighted by molar-refractivity contribution is 5.82. The van der Waals surface area contributed by atoms with Crippen molar-refractivity contribution in [3.8, 4) is 0 Å². The number of carbonyl (C=O) groups excluding carboxylic acids is 2. The maximum absolute atomic E-state index is 14.0. The molecule has 1 aromatic carbocycles. The third kappa shape index (κ3) is 3.81. The van der Waals surface area contributed by atoms with Crippen LogP contribution in [0.25, 0.3) is 0 Å². The third-order valence-electron chi connectivity index (χ3n) is 4.71. The molecule has 2 amide bonds. The summed E-state index contributed by atoms with van der Waals surface area (Å²) in [7, 11) is 0. The summed E-state index contributed by atoms with van der Waals surface area (Å²) in [5.41, 5.74) is 6.68. The number of nitrogens with two attached hydrogens (primary N) is 1. The molecule has 0 aromatic heterocycles. The van der Waals surface area contributed by atoms with Crippen molar-refractivity contribution in [3.63, 3.8) is 0 Å². The first kappa shape index (κ1) is 15.8. The minimum atomic E-state index is -0.290.